The number of anilines is 1. The molecule has 0 heterocycles. The summed E-state index contributed by atoms with van der Waals surface area (Å²) in [5.41, 5.74) is 2.91. The molecule has 108 valence electrons. The number of hydrogen-bond acceptors (Lipinski definition) is 2. The maximum Gasteiger partial charge on any atom is 0.248 e. The first-order chi connectivity index (χ1) is 10.2. The number of aryl methyl sites for hydroxylation is 1. The minimum Gasteiger partial charge on any atom is -0.494 e. The molecule has 0 radical (unpaired) electrons. The summed E-state index contributed by atoms with van der Waals surface area (Å²) in [5, 5.41) is 2.82. The van der Waals surface area contributed by atoms with Crippen LogP contribution < -0.4 is 10.1 Å². The number of benzene rings is 2. The molecular formula is C18H19NO2. The standard InChI is InChI=1S/C18H19NO2/c1-3-21-17-11-6-15(7-12-17)8-13-18(20)19-16-9-4-14(2)5-10-16/h4-13H,3H2,1-2H3,(H,19,20)/b13-8+. The zero-order valence-corrected chi connectivity index (χ0v) is 12.3. The lowest BCUT2D eigenvalue weighted by molar-refractivity contribution is -0.111. The smallest absolute Gasteiger partial charge is 0.248 e. The Morgan fingerprint density at radius 1 is 1.10 bits per heavy atom. The minimum absolute atomic E-state index is 0.146. The minimum atomic E-state index is -0.146. The van der Waals surface area contributed by atoms with E-state index in [2.05, 4.69) is 5.32 Å². The molecule has 2 aromatic carbocycles. The lowest BCUT2D eigenvalue weighted by atomic mass is 10.2. The third-order valence-corrected chi connectivity index (χ3v) is 2.94. The zero-order valence-electron chi connectivity index (χ0n) is 12.3. The summed E-state index contributed by atoms with van der Waals surface area (Å²) in [6.45, 7) is 4.61. The third kappa shape index (κ3) is 4.80. The molecule has 0 unspecified atom stereocenters. The van der Waals surface area contributed by atoms with Crippen molar-refractivity contribution in [2.24, 2.45) is 0 Å². The number of nitrogens with one attached hydrogen (secondary N) is 1. The molecule has 0 aliphatic carbocycles. The Bertz CT molecular complexity index is 613. The fourth-order valence-corrected chi connectivity index (χ4v) is 1.83. The van der Waals surface area contributed by atoms with E-state index in [1.54, 1.807) is 6.08 Å². The fraction of sp³-hybridized carbons (Fsp3) is 0.167. The molecule has 0 fully saturated rings. The van der Waals surface area contributed by atoms with Gasteiger partial charge in [0.15, 0.2) is 0 Å². The summed E-state index contributed by atoms with van der Waals surface area (Å²) >= 11 is 0. The van der Waals surface area contributed by atoms with Gasteiger partial charge in [-0.25, -0.2) is 0 Å². The van der Waals surface area contributed by atoms with Gasteiger partial charge in [-0.15, -0.1) is 0 Å². The number of amides is 1. The van der Waals surface area contributed by atoms with Gasteiger partial charge in [0.2, 0.25) is 5.91 Å². The SMILES string of the molecule is CCOc1ccc(/C=C/C(=O)Nc2ccc(C)cc2)cc1. The van der Waals surface area contributed by atoms with Crippen LogP contribution in [0.1, 0.15) is 18.1 Å². The largest absolute Gasteiger partial charge is 0.494 e. The first-order valence-electron chi connectivity index (χ1n) is 6.96. The van der Waals surface area contributed by atoms with Crippen molar-refractivity contribution in [3.8, 4) is 5.75 Å². The summed E-state index contributed by atoms with van der Waals surface area (Å²) in [6.07, 6.45) is 3.30. The van der Waals surface area contributed by atoms with E-state index in [-0.39, 0.29) is 5.91 Å². The molecule has 0 saturated heterocycles. The number of carbonyl (C=O) groups excluding carboxylic acids is 1. The van der Waals surface area contributed by atoms with E-state index in [0.717, 1.165) is 22.6 Å². The van der Waals surface area contributed by atoms with Gasteiger partial charge < -0.3 is 10.1 Å². The Kier molecular flexibility index (Phi) is 5.16. The molecule has 0 aromatic heterocycles. The first-order valence-corrected chi connectivity index (χ1v) is 6.96. The molecule has 0 aliphatic heterocycles. The van der Waals surface area contributed by atoms with Gasteiger partial charge in [0.25, 0.3) is 0 Å². The van der Waals surface area contributed by atoms with E-state index in [9.17, 15) is 4.79 Å². The summed E-state index contributed by atoms with van der Waals surface area (Å²) in [4.78, 5) is 11.8. The second-order valence-electron chi connectivity index (χ2n) is 4.69. The van der Waals surface area contributed by atoms with E-state index in [4.69, 9.17) is 4.74 Å². The van der Waals surface area contributed by atoms with E-state index < -0.39 is 0 Å². The number of carbonyl (C=O) groups is 1. The quantitative estimate of drug-likeness (QED) is 0.840. The van der Waals surface area contributed by atoms with Gasteiger partial charge in [0, 0.05) is 11.8 Å². The molecule has 2 rings (SSSR count). The van der Waals surface area contributed by atoms with Crippen molar-refractivity contribution < 1.29 is 9.53 Å². The highest BCUT2D eigenvalue weighted by molar-refractivity contribution is 6.01. The average molecular weight is 281 g/mol. The van der Waals surface area contributed by atoms with Crippen molar-refractivity contribution in [2.75, 3.05) is 11.9 Å². The second-order valence-corrected chi connectivity index (χ2v) is 4.69. The van der Waals surface area contributed by atoms with Crippen LogP contribution in [0.25, 0.3) is 6.08 Å². The van der Waals surface area contributed by atoms with Crippen LogP contribution in [-0.4, -0.2) is 12.5 Å². The van der Waals surface area contributed by atoms with E-state index in [1.165, 1.54) is 6.08 Å². The summed E-state index contributed by atoms with van der Waals surface area (Å²) < 4.78 is 5.37. The lowest BCUT2D eigenvalue weighted by Crippen LogP contribution is -2.07. The topological polar surface area (TPSA) is 38.3 Å². The molecule has 0 saturated carbocycles. The number of hydrogen-bond donors (Lipinski definition) is 1. The Balaban J connectivity index is 1.93. The lowest BCUT2D eigenvalue weighted by Gasteiger charge is -2.03. The molecule has 0 bridgehead atoms. The van der Waals surface area contributed by atoms with Crippen LogP contribution in [0.2, 0.25) is 0 Å². The Hall–Kier alpha value is -2.55. The monoisotopic (exact) mass is 281 g/mol. The van der Waals surface area contributed by atoms with Gasteiger partial charge in [0.05, 0.1) is 6.61 Å². The van der Waals surface area contributed by atoms with E-state index in [0.29, 0.717) is 6.61 Å². The van der Waals surface area contributed by atoms with Crippen LogP contribution in [-0.2, 0) is 4.79 Å². The van der Waals surface area contributed by atoms with Gasteiger partial charge in [-0.2, -0.15) is 0 Å². The Morgan fingerprint density at radius 2 is 1.76 bits per heavy atom. The maximum absolute atomic E-state index is 11.8. The van der Waals surface area contributed by atoms with Crippen LogP contribution >= 0.6 is 0 Å². The fourth-order valence-electron chi connectivity index (χ4n) is 1.83. The van der Waals surface area contributed by atoms with Crippen LogP contribution in [0, 0.1) is 6.92 Å². The molecule has 2 aromatic rings. The summed E-state index contributed by atoms with van der Waals surface area (Å²) in [5.74, 6) is 0.687. The highest BCUT2D eigenvalue weighted by atomic mass is 16.5. The van der Waals surface area contributed by atoms with Crippen LogP contribution in [0.15, 0.2) is 54.6 Å². The third-order valence-electron chi connectivity index (χ3n) is 2.94. The van der Waals surface area contributed by atoms with Crippen molar-refractivity contribution in [1.82, 2.24) is 0 Å². The predicted octanol–water partition coefficient (Wildman–Crippen LogP) is 4.05. The normalized spacial score (nSPS) is 10.6. The van der Waals surface area contributed by atoms with Crippen molar-refractivity contribution in [2.45, 2.75) is 13.8 Å². The molecular weight excluding hydrogens is 262 g/mol. The highest BCUT2D eigenvalue weighted by Crippen LogP contribution is 2.13. The van der Waals surface area contributed by atoms with Crippen LogP contribution in [0.3, 0.4) is 0 Å². The average Bonchev–Trinajstić information content (AvgIpc) is 2.49. The van der Waals surface area contributed by atoms with Crippen molar-refractivity contribution in [3.05, 3.63) is 65.7 Å². The molecule has 0 atom stereocenters. The Morgan fingerprint density at radius 3 is 2.38 bits per heavy atom. The zero-order chi connectivity index (χ0) is 15.1. The van der Waals surface area contributed by atoms with Gasteiger partial charge in [-0.1, -0.05) is 29.8 Å². The van der Waals surface area contributed by atoms with Crippen LogP contribution in [0.5, 0.6) is 5.75 Å². The van der Waals surface area contributed by atoms with Crippen LogP contribution in [0.4, 0.5) is 5.69 Å². The summed E-state index contributed by atoms with van der Waals surface area (Å²) in [6, 6.07) is 15.3. The summed E-state index contributed by atoms with van der Waals surface area (Å²) in [7, 11) is 0. The molecule has 1 amide bonds. The molecule has 1 N–H and O–H groups in total. The highest BCUT2D eigenvalue weighted by Gasteiger charge is 1.97. The van der Waals surface area contributed by atoms with E-state index >= 15 is 0 Å². The van der Waals surface area contributed by atoms with Gasteiger partial charge >= 0.3 is 0 Å². The molecule has 0 aliphatic rings. The number of ether oxygens (including phenoxy) is 1. The van der Waals surface area contributed by atoms with Crippen molar-refractivity contribution in [3.63, 3.8) is 0 Å². The number of rotatable bonds is 5. The molecule has 3 nitrogen and oxygen atoms in total. The van der Waals surface area contributed by atoms with Crippen molar-refractivity contribution in [1.29, 1.82) is 0 Å². The predicted molar refractivity (Wildman–Crippen MR) is 86.5 cm³/mol. The van der Waals surface area contributed by atoms with Crippen molar-refractivity contribution >= 4 is 17.7 Å². The second kappa shape index (κ2) is 7.29. The molecule has 3 heteroatoms. The van der Waals surface area contributed by atoms with Gasteiger partial charge in [0.1, 0.15) is 5.75 Å². The maximum atomic E-state index is 11.8. The Labute approximate surface area is 125 Å². The molecule has 0 spiro atoms. The molecule has 21 heavy (non-hydrogen) atoms. The van der Waals surface area contributed by atoms with Gasteiger partial charge in [-0.05, 0) is 49.8 Å². The van der Waals surface area contributed by atoms with Gasteiger partial charge in [-0.3, -0.25) is 4.79 Å². The van der Waals surface area contributed by atoms with E-state index in [1.807, 2.05) is 62.4 Å². The first kappa shape index (κ1) is 14.9.